The van der Waals surface area contributed by atoms with E-state index in [9.17, 15) is 8.42 Å². The summed E-state index contributed by atoms with van der Waals surface area (Å²) in [6.07, 6.45) is 1.64. The molecular weight excluding hydrogens is 204 g/mol. The van der Waals surface area contributed by atoms with E-state index in [4.69, 9.17) is 10.5 Å². The number of methoxy groups -OCH3 is 1. The predicted octanol–water partition coefficient (Wildman–Crippen LogP) is -0.320. The number of unbranched alkanes of at least 4 members (excludes halogenated alkanes) is 1. The van der Waals surface area contributed by atoms with Gasteiger partial charge in [-0.3, -0.25) is 0 Å². The van der Waals surface area contributed by atoms with E-state index in [1.165, 1.54) is 0 Å². The van der Waals surface area contributed by atoms with Crippen molar-refractivity contribution in [1.29, 1.82) is 0 Å². The predicted molar refractivity (Wildman–Crippen MR) is 56.5 cm³/mol. The largest absolute Gasteiger partial charge is 0.385 e. The summed E-state index contributed by atoms with van der Waals surface area (Å²) in [6, 6.07) is 0. The molecule has 5 nitrogen and oxygen atoms in total. The molecule has 86 valence electrons. The number of nitrogens with one attached hydrogen (secondary N) is 1. The monoisotopic (exact) mass is 224 g/mol. The molecule has 0 radical (unpaired) electrons. The van der Waals surface area contributed by atoms with E-state index in [-0.39, 0.29) is 6.54 Å². The fourth-order valence-electron chi connectivity index (χ4n) is 0.855. The molecule has 1 atom stereocenters. The lowest BCUT2D eigenvalue weighted by Crippen LogP contribution is -2.37. The van der Waals surface area contributed by atoms with Crippen LogP contribution < -0.4 is 10.5 Å². The van der Waals surface area contributed by atoms with Crippen LogP contribution in [0.4, 0.5) is 0 Å². The van der Waals surface area contributed by atoms with Gasteiger partial charge in [0.2, 0.25) is 10.0 Å². The molecule has 0 bridgehead atoms. The highest BCUT2D eigenvalue weighted by Crippen LogP contribution is 1.96. The molecule has 0 rings (SSSR count). The Balaban J connectivity index is 3.67. The molecule has 0 aliphatic heterocycles. The average Bonchev–Trinajstić information content (AvgIpc) is 2.16. The Morgan fingerprint density at radius 3 is 2.57 bits per heavy atom. The van der Waals surface area contributed by atoms with E-state index in [1.807, 2.05) is 0 Å². The van der Waals surface area contributed by atoms with Gasteiger partial charge < -0.3 is 10.5 Å². The summed E-state index contributed by atoms with van der Waals surface area (Å²) in [5, 5.41) is -0.523. The second kappa shape index (κ2) is 7.17. The lowest BCUT2D eigenvalue weighted by Gasteiger charge is -2.11. The number of hydrogen-bond acceptors (Lipinski definition) is 4. The number of sulfonamides is 1. The van der Waals surface area contributed by atoms with E-state index in [1.54, 1.807) is 14.0 Å². The first-order chi connectivity index (χ1) is 6.54. The normalized spacial score (nSPS) is 14.2. The topological polar surface area (TPSA) is 81.4 Å². The van der Waals surface area contributed by atoms with Gasteiger partial charge in [-0.25, -0.2) is 13.1 Å². The standard InChI is InChI=1S/C8H20N2O3S/c1-8(7-9)14(11,12)10-5-3-4-6-13-2/h8,10H,3-7,9H2,1-2H3. The number of rotatable bonds is 8. The van der Waals surface area contributed by atoms with Gasteiger partial charge in [0.05, 0.1) is 5.25 Å². The number of ether oxygens (including phenoxy) is 1. The quantitative estimate of drug-likeness (QED) is 0.554. The Morgan fingerprint density at radius 1 is 1.43 bits per heavy atom. The maximum atomic E-state index is 11.4. The summed E-state index contributed by atoms with van der Waals surface area (Å²) in [5.41, 5.74) is 5.27. The fraction of sp³-hybridized carbons (Fsp3) is 1.00. The maximum absolute atomic E-state index is 11.4. The van der Waals surface area contributed by atoms with Crippen LogP contribution in [0.1, 0.15) is 19.8 Å². The molecule has 0 aromatic rings. The highest BCUT2D eigenvalue weighted by molar-refractivity contribution is 7.90. The first kappa shape index (κ1) is 13.8. The molecule has 14 heavy (non-hydrogen) atoms. The molecule has 0 spiro atoms. The Morgan fingerprint density at radius 2 is 2.07 bits per heavy atom. The first-order valence-corrected chi connectivity index (χ1v) is 6.26. The number of nitrogens with two attached hydrogens (primary N) is 1. The second-order valence-corrected chi connectivity index (χ2v) is 5.37. The molecule has 6 heteroatoms. The summed E-state index contributed by atoms with van der Waals surface area (Å²) < 4.78 is 30.1. The van der Waals surface area contributed by atoms with Crippen molar-refractivity contribution in [2.24, 2.45) is 5.73 Å². The molecule has 0 saturated heterocycles. The van der Waals surface area contributed by atoms with Gasteiger partial charge in [-0.05, 0) is 19.8 Å². The van der Waals surface area contributed by atoms with E-state index in [0.717, 1.165) is 12.8 Å². The van der Waals surface area contributed by atoms with Gasteiger partial charge in [0.25, 0.3) is 0 Å². The minimum absolute atomic E-state index is 0.146. The van der Waals surface area contributed by atoms with Crippen LogP contribution in [0.2, 0.25) is 0 Å². The Bertz CT molecular complexity index is 229. The zero-order chi connectivity index (χ0) is 11.0. The Hall–Kier alpha value is -0.170. The zero-order valence-electron chi connectivity index (χ0n) is 8.82. The van der Waals surface area contributed by atoms with Crippen molar-refractivity contribution in [3.05, 3.63) is 0 Å². The molecule has 1 unspecified atom stereocenters. The second-order valence-electron chi connectivity index (χ2n) is 3.19. The van der Waals surface area contributed by atoms with Crippen LogP contribution in [0.3, 0.4) is 0 Å². The summed E-state index contributed by atoms with van der Waals surface area (Å²) in [5.74, 6) is 0. The van der Waals surface area contributed by atoms with E-state index in [2.05, 4.69) is 4.72 Å². The van der Waals surface area contributed by atoms with E-state index >= 15 is 0 Å². The van der Waals surface area contributed by atoms with Crippen molar-refractivity contribution in [2.45, 2.75) is 25.0 Å². The SMILES string of the molecule is COCCCCNS(=O)(=O)C(C)CN. The van der Waals surface area contributed by atoms with Gasteiger partial charge >= 0.3 is 0 Å². The van der Waals surface area contributed by atoms with Crippen molar-refractivity contribution in [3.8, 4) is 0 Å². The molecule has 0 aliphatic carbocycles. The van der Waals surface area contributed by atoms with Crippen molar-refractivity contribution in [3.63, 3.8) is 0 Å². The highest BCUT2D eigenvalue weighted by Gasteiger charge is 2.17. The Labute approximate surface area is 86.1 Å². The molecule has 0 aromatic heterocycles. The molecule has 0 fully saturated rings. The van der Waals surface area contributed by atoms with E-state index in [0.29, 0.717) is 13.2 Å². The van der Waals surface area contributed by atoms with Crippen molar-refractivity contribution in [1.82, 2.24) is 4.72 Å². The van der Waals surface area contributed by atoms with E-state index < -0.39 is 15.3 Å². The average molecular weight is 224 g/mol. The fourth-order valence-corrected chi connectivity index (χ4v) is 1.82. The lowest BCUT2D eigenvalue weighted by atomic mass is 10.3. The smallest absolute Gasteiger partial charge is 0.215 e. The van der Waals surface area contributed by atoms with Gasteiger partial charge in [-0.2, -0.15) is 0 Å². The van der Waals surface area contributed by atoms with Crippen LogP contribution in [0.15, 0.2) is 0 Å². The van der Waals surface area contributed by atoms with Crippen molar-refractivity contribution < 1.29 is 13.2 Å². The molecular formula is C8H20N2O3S. The molecule has 0 heterocycles. The molecule has 0 aromatic carbocycles. The third-order valence-electron chi connectivity index (χ3n) is 1.94. The van der Waals surface area contributed by atoms with Gasteiger partial charge in [0, 0.05) is 26.8 Å². The lowest BCUT2D eigenvalue weighted by molar-refractivity contribution is 0.193. The molecule has 0 aliphatic rings. The molecule has 3 N–H and O–H groups in total. The Kier molecular flexibility index (Phi) is 7.08. The van der Waals surface area contributed by atoms with Crippen LogP contribution in [0, 0.1) is 0 Å². The first-order valence-electron chi connectivity index (χ1n) is 4.72. The summed E-state index contributed by atoms with van der Waals surface area (Å²) in [7, 11) is -1.59. The number of hydrogen-bond donors (Lipinski definition) is 2. The summed E-state index contributed by atoms with van der Waals surface area (Å²) >= 11 is 0. The molecule has 0 amide bonds. The summed E-state index contributed by atoms with van der Waals surface area (Å²) in [4.78, 5) is 0. The third-order valence-corrected chi connectivity index (χ3v) is 3.80. The van der Waals surface area contributed by atoms with Gasteiger partial charge in [0.1, 0.15) is 0 Å². The zero-order valence-corrected chi connectivity index (χ0v) is 9.64. The van der Waals surface area contributed by atoms with Gasteiger partial charge in [-0.1, -0.05) is 0 Å². The maximum Gasteiger partial charge on any atom is 0.215 e. The molecule has 0 saturated carbocycles. The van der Waals surface area contributed by atoms with Crippen LogP contribution >= 0.6 is 0 Å². The third kappa shape index (κ3) is 5.54. The summed E-state index contributed by atoms with van der Waals surface area (Å²) in [6.45, 7) is 2.86. The van der Waals surface area contributed by atoms with Gasteiger partial charge in [-0.15, -0.1) is 0 Å². The van der Waals surface area contributed by atoms with Crippen LogP contribution in [0.25, 0.3) is 0 Å². The van der Waals surface area contributed by atoms with Crippen LogP contribution in [-0.4, -0.2) is 40.5 Å². The van der Waals surface area contributed by atoms with Gasteiger partial charge in [0.15, 0.2) is 0 Å². The van der Waals surface area contributed by atoms with Crippen molar-refractivity contribution >= 4 is 10.0 Å². The minimum atomic E-state index is -3.21. The van der Waals surface area contributed by atoms with Crippen molar-refractivity contribution in [2.75, 3.05) is 26.8 Å². The highest BCUT2D eigenvalue weighted by atomic mass is 32.2. The minimum Gasteiger partial charge on any atom is -0.385 e. The van der Waals surface area contributed by atoms with Crippen LogP contribution in [0.5, 0.6) is 0 Å². The van der Waals surface area contributed by atoms with Crippen LogP contribution in [-0.2, 0) is 14.8 Å².